The largest absolute Gasteiger partial charge is 0.497 e. The van der Waals surface area contributed by atoms with E-state index >= 15 is 0 Å². The van der Waals surface area contributed by atoms with Crippen LogP contribution in [0.4, 0.5) is 11.5 Å². The topological polar surface area (TPSA) is 62.8 Å². The van der Waals surface area contributed by atoms with Gasteiger partial charge >= 0.3 is 0 Å². The molecule has 102 valence electrons. The lowest BCUT2D eigenvalue weighted by Crippen LogP contribution is -1.96. The summed E-state index contributed by atoms with van der Waals surface area (Å²) in [6.07, 6.45) is 1.56. The van der Waals surface area contributed by atoms with Crippen molar-refractivity contribution in [2.45, 2.75) is 13.8 Å². The van der Waals surface area contributed by atoms with Crippen molar-refractivity contribution in [1.82, 2.24) is 15.0 Å². The quantitative estimate of drug-likeness (QED) is 0.764. The van der Waals surface area contributed by atoms with Crippen LogP contribution in [0.25, 0.3) is 11.0 Å². The van der Waals surface area contributed by atoms with Gasteiger partial charge in [0, 0.05) is 17.4 Å². The summed E-state index contributed by atoms with van der Waals surface area (Å²) in [6.45, 7) is 4.10. The standard InChI is InChI=1S/C15H16N4O/c1-9-10(2)18-14-13(9)15(17-8-16-14)19-11-5-4-6-12(7-11)20-3/h4-8H,1-3H3,(H2,16,17,18,19). The van der Waals surface area contributed by atoms with Crippen molar-refractivity contribution in [3.63, 3.8) is 0 Å². The maximum Gasteiger partial charge on any atom is 0.143 e. The monoisotopic (exact) mass is 268 g/mol. The first kappa shape index (κ1) is 12.5. The van der Waals surface area contributed by atoms with Crippen molar-refractivity contribution in [3.8, 4) is 5.75 Å². The average molecular weight is 268 g/mol. The number of hydrogen-bond donors (Lipinski definition) is 2. The van der Waals surface area contributed by atoms with Crippen LogP contribution < -0.4 is 10.1 Å². The molecule has 0 saturated heterocycles. The molecule has 0 aliphatic heterocycles. The Morgan fingerprint density at radius 2 is 2.05 bits per heavy atom. The minimum absolute atomic E-state index is 0.796. The third-order valence-corrected chi connectivity index (χ3v) is 3.42. The number of anilines is 2. The van der Waals surface area contributed by atoms with E-state index in [0.717, 1.165) is 39.5 Å². The molecule has 2 N–H and O–H groups in total. The van der Waals surface area contributed by atoms with Crippen LogP contribution in [0, 0.1) is 13.8 Å². The molecule has 0 amide bonds. The van der Waals surface area contributed by atoms with E-state index in [1.165, 1.54) is 0 Å². The number of rotatable bonds is 3. The first-order valence-corrected chi connectivity index (χ1v) is 6.40. The molecule has 0 fully saturated rings. The van der Waals surface area contributed by atoms with Crippen molar-refractivity contribution in [3.05, 3.63) is 41.9 Å². The van der Waals surface area contributed by atoms with Crippen molar-refractivity contribution in [1.29, 1.82) is 0 Å². The summed E-state index contributed by atoms with van der Waals surface area (Å²) in [5, 5.41) is 4.35. The highest BCUT2D eigenvalue weighted by Crippen LogP contribution is 2.28. The smallest absolute Gasteiger partial charge is 0.143 e. The van der Waals surface area contributed by atoms with E-state index in [4.69, 9.17) is 4.74 Å². The normalized spacial score (nSPS) is 10.8. The number of benzene rings is 1. The number of nitrogens with zero attached hydrogens (tertiary/aromatic N) is 2. The lowest BCUT2D eigenvalue weighted by Gasteiger charge is -2.08. The van der Waals surface area contributed by atoms with E-state index in [-0.39, 0.29) is 0 Å². The maximum atomic E-state index is 5.23. The summed E-state index contributed by atoms with van der Waals surface area (Å²) in [5.41, 5.74) is 4.04. The maximum absolute atomic E-state index is 5.23. The Bertz CT molecular complexity index is 764. The number of H-pyrrole nitrogens is 1. The fourth-order valence-electron chi connectivity index (χ4n) is 2.23. The Morgan fingerprint density at radius 1 is 1.20 bits per heavy atom. The molecule has 0 radical (unpaired) electrons. The third-order valence-electron chi connectivity index (χ3n) is 3.42. The summed E-state index contributed by atoms with van der Waals surface area (Å²) in [5.74, 6) is 1.60. The van der Waals surface area contributed by atoms with E-state index < -0.39 is 0 Å². The summed E-state index contributed by atoms with van der Waals surface area (Å²) in [7, 11) is 1.65. The van der Waals surface area contributed by atoms with Crippen LogP contribution in [0.15, 0.2) is 30.6 Å². The Labute approximate surface area is 117 Å². The number of fused-ring (bicyclic) bond motifs is 1. The molecular formula is C15H16N4O. The summed E-state index contributed by atoms with van der Waals surface area (Å²) in [4.78, 5) is 11.9. The zero-order chi connectivity index (χ0) is 14.1. The highest BCUT2D eigenvalue weighted by atomic mass is 16.5. The average Bonchev–Trinajstić information content (AvgIpc) is 2.75. The molecule has 3 rings (SSSR count). The molecule has 5 heteroatoms. The third kappa shape index (κ3) is 2.07. The molecule has 2 heterocycles. The Morgan fingerprint density at radius 3 is 2.85 bits per heavy atom. The van der Waals surface area contributed by atoms with Gasteiger partial charge in [0.1, 0.15) is 23.5 Å². The molecule has 0 aliphatic rings. The molecule has 0 spiro atoms. The summed E-state index contributed by atoms with van der Waals surface area (Å²) in [6, 6.07) is 7.76. The molecule has 2 aromatic heterocycles. The second kappa shape index (κ2) is 4.85. The first-order valence-electron chi connectivity index (χ1n) is 6.40. The van der Waals surface area contributed by atoms with Crippen LogP contribution in [0.1, 0.15) is 11.3 Å². The number of hydrogen-bond acceptors (Lipinski definition) is 4. The van der Waals surface area contributed by atoms with Gasteiger partial charge in [-0.2, -0.15) is 0 Å². The number of ether oxygens (including phenoxy) is 1. The molecule has 0 unspecified atom stereocenters. The van der Waals surface area contributed by atoms with Gasteiger partial charge in [-0.05, 0) is 31.5 Å². The van der Waals surface area contributed by atoms with E-state index in [2.05, 4.69) is 27.2 Å². The van der Waals surface area contributed by atoms with E-state index in [9.17, 15) is 0 Å². The van der Waals surface area contributed by atoms with E-state index in [0.29, 0.717) is 0 Å². The van der Waals surface area contributed by atoms with Crippen molar-refractivity contribution < 1.29 is 4.74 Å². The number of methoxy groups -OCH3 is 1. The van der Waals surface area contributed by atoms with Gasteiger partial charge in [0.05, 0.1) is 12.5 Å². The number of aromatic nitrogens is 3. The predicted molar refractivity (Wildman–Crippen MR) is 79.6 cm³/mol. The van der Waals surface area contributed by atoms with Gasteiger partial charge in [-0.1, -0.05) is 6.07 Å². The summed E-state index contributed by atoms with van der Waals surface area (Å²) >= 11 is 0. The SMILES string of the molecule is COc1cccc(Nc2ncnc3[nH]c(C)c(C)c23)c1. The number of aromatic amines is 1. The van der Waals surface area contributed by atoms with Crippen LogP contribution in [0.2, 0.25) is 0 Å². The molecule has 0 bridgehead atoms. The fourth-order valence-corrected chi connectivity index (χ4v) is 2.23. The molecule has 0 aliphatic carbocycles. The second-order valence-corrected chi connectivity index (χ2v) is 4.68. The predicted octanol–water partition coefficient (Wildman–Crippen LogP) is 3.33. The molecule has 0 saturated carbocycles. The Kier molecular flexibility index (Phi) is 3.02. The highest BCUT2D eigenvalue weighted by Gasteiger charge is 2.11. The second-order valence-electron chi connectivity index (χ2n) is 4.68. The van der Waals surface area contributed by atoms with Crippen molar-refractivity contribution >= 4 is 22.5 Å². The van der Waals surface area contributed by atoms with Gasteiger partial charge in [0.2, 0.25) is 0 Å². The van der Waals surface area contributed by atoms with E-state index in [1.807, 2.05) is 31.2 Å². The highest BCUT2D eigenvalue weighted by molar-refractivity contribution is 5.92. The van der Waals surface area contributed by atoms with Crippen LogP contribution in [-0.4, -0.2) is 22.1 Å². The van der Waals surface area contributed by atoms with Gasteiger partial charge < -0.3 is 15.0 Å². The van der Waals surface area contributed by atoms with Crippen LogP contribution in [0.5, 0.6) is 5.75 Å². The fraction of sp³-hybridized carbons (Fsp3) is 0.200. The molecule has 0 atom stereocenters. The molecular weight excluding hydrogens is 252 g/mol. The summed E-state index contributed by atoms with van der Waals surface area (Å²) < 4.78 is 5.23. The van der Waals surface area contributed by atoms with Gasteiger partial charge in [-0.3, -0.25) is 0 Å². The minimum atomic E-state index is 0.796. The van der Waals surface area contributed by atoms with Gasteiger partial charge in [0.25, 0.3) is 0 Å². The van der Waals surface area contributed by atoms with Gasteiger partial charge in [0.15, 0.2) is 0 Å². The van der Waals surface area contributed by atoms with Gasteiger partial charge in [-0.25, -0.2) is 9.97 Å². The molecule has 1 aromatic carbocycles. The minimum Gasteiger partial charge on any atom is -0.497 e. The Balaban J connectivity index is 2.06. The van der Waals surface area contributed by atoms with Crippen LogP contribution >= 0.6 is 0 Å². The molecule has 20 heavy (non-hydrogen) atoms. The number of nitrogens with one attached hydrogen (secondary N) is 2. The van der Waals surface area contributed by atoms with E-state index in [1.54, 1.807) is 13.4 Å². The first-order chi connectivity index (χ1) is 9.69. The van der Waals surface area contributed by atoms with Crippen molar-refractivity contribution in [2.24, 2.45) is 0 Å². The molecule has 3 aromatic rings. The number of aryl methyl sites for hydroxylation is 2. The lowest BCUT2D eigenvalue weighted by molar-refractivity contribution is 0.415. The Hall–Kier alpha value is -2.56. The van der Waals surface area contributed by atoms with Crippen LogP contribution in [0.3, 0.4) is 0 Å². The van der Waals surface area contributed by atoms with Crippen LogP contribution in [-0.2, 0) is 0 Å². The lowest BCUT2D eigenvalue weighted by atomic mass is 10.2. The zero-order valence-electron chi connectivity index (χ0n) is 11.7. The van der Waals surface area contributed by atoms with Gasteiger partial charge in [-0.15, -0.1) is 0 Å². The molecule has 5 nitrogen and oxygen atoms in total. The zero-order valence-corrected chi connectivity index (χ0v) is 11.7. The van der Waals surface area contributed by atoms with Crippen molar-refractivity contribution in [2.75, 3.05) is 12.4 Å².